The van der Waals surface area contributed by atoms with Gasteiger partial charge in [0.1, 0.15) is 0 Å². The highest BCUT2D eigenvalue weighted by Gasteiger charge is 2.07. The number of benzene rings is 2. The first kappa shape index (κ1) is 13.7. The van der Waals surface area contributed by atoms with E-state index in [4.69, 9.17) is 17.3 Å². The first-order valence-corrected chi connectivity index (χ1v) is 6.84. The van der Waals surface area contributed by atoms with Crippen LogP contribution in [-0.2, 0) is 5.75 Å². The molecule has 0 bridgehead atoms. The van der Waals surface area contributed by atoms with Crippen molar-refractivity contribution in [3.05, 3.63) is 63.2 Å². The topological polar surface area (TPSA) is 69.2 Å². The highest BCUT2D eigenvalue weighted by atomic mass is 35.5. The van der Waals surface area contributed by atoms with Crippen molar-refractivity contribution in [2.45, 2.75) is 10.6 Å². The Morgan fingerprint density at radius 1 is 1.26 bits per heavy atom. The Morgan fingerprint density at radius 2 is 2.05 bits per heavy atom. The van der Waals surface area contributed by atoms with Crippen molar-refractivity contribution in [1.29, 1.82) is 0 Å². The zero-order valence-corrected chi connectivity index (χ0v) is 11.4. The number of nitro benzene ring substituents is 1. The Hall–Kier alpha value is -1.72. The molecule has 0 unspecified atom stereocenters. The van der Waals surface area contributed by atoms with Crippen molar-refractivity contribution in [2.75, 3.05) is 5.73 Å². The molecule has 0 saturated carbocycles. The van der Waals surface area contributed by atoms with E-state index in [0.29, 0.717) is 16.5 Å². The Labute approximate surface area is 119 Å². The fraction of sp³-hybridized carbons (Fsp3) is 0.0769. The van der Waals surface area contributed by atoms with E-state index in [1.807, 2.05) is 6.07 Å². The van der Waals surface area contributed by atoms with Gasteiger partial charge in [0.25, 0.3) is 5.69 Å². The second-order valence-electron chi connectivity index (χ2n) is 3.91. The lowest BCUT2D eigenvalue weighted by molar-refractivity contribution is -0.384. The number of nitro groups is 1. The third-order valence-electron chi connectivity index (χ3n) is 2.47. The number of non-ortho nitro benzene ring substituents is 1. The van der Waals surface area contributed by atoms with Crippen LogP contribution in [0.15, 0.2) is 47.4 Å². The predicted octanol–water partition coefficient (Wildman–Crippen LogP) is 4.12. The molecular formula is C13H11ClN2O2S. The normalized spacial score (nSPS) is 10.4. The van der Waals surface area contributed by atoms with Crippen LogP contribution in [0.5, 0.6) is 0 Å². The maximum Gasteiger partial charge on any atom is 0.269 e. The summed E-state index contributed by atoms with van der Waals surface area (Å²) in [6.45, 7) is 0. The number of nitrogens with two attached hydrogens (primary N) is 1. The van der Waals surface area contributed by atoms with Gasteiger partial charge < -0.3 is 5.73 Å². The summed E-state index contributed by atoms with van der Waals surface area (Å²) in [5.41, 5.74) is 7.31. The Bertz CT molecular complexity index is 619. The van der Waals surface area contributed by atoms with E-state index >= 15 is 0 Å². The maximum absolute atomic E-state index is 10.7. The molecule has 2 rings (SSSR count). The molecule has 6 heteroatoms. The molecule has 0 aromatic heterocycles. The van der Waals surface area contributed by atoms with Gasteiger partial charge in [0, 0.05) is 28.5 Å². The van der Waals surface area contributed by atoms with Crippen LogP contribution in [0.4, 0.5) is 11.4 Å². The van der Waals surface area contributed by atoms with Crippen molar-refractivity contribution in [3.8, 4) is 0 Å². The van der Waals surface area contributed by atoms with E-state index in [1.165, 1.54) is 17.8 Å². The fourth-order valence-electron chi connectivity index (χ4n) is 1.55. The highest BCUT2D eigenvalue weighted by molar-refractivity contribution is 7.98. The molecule has 0 saturated heterocycles. The highest BCUT2D eigenvalue weighted by Crippen LogP contribution is 2.31. The standard InChI is InChI=1S/C13H11ClN2O2S/c14-12-5-4-10(15)7-13(12)19-8-9-2-1-3-11(6-9)16(17)18/h1-7H,8,15H2. The Kier molecular flexibility index (Phi) is 4.29. The number of hydrogen-bond donors (Lipinski definition) is 1. The number of nitrogen functional groups attached to an aromatic ring is 1. The van der Waals surface area contributed by atoms with Crippen molar-refractivity contribution >= 4 is 34.7 Å². The first-order chi connectivity index (χ1) is 9.06. The van der Waals surface area contributed by atoms with Crippen molar-refractivity contribution in [3.63, 3.8) is 0 Å². The zero-order chi connectivity index (χ0) is 13.8. The van der Waals surface area contributed by atoms with Gasteiger partial charge in [0.05, 0.1) is 9.95 Å². The average Bonchev–Trinajstić information content (AvgIpc) is 2.40. The van der Waals surface area contributed by atoms with Crippen LogP contribution < -0.4 is 5.73 Å². The molecule has 0 amide bonds. The third kappa shape index (κ3) is 3.62. The summed E-state index contributed by atoms with van der Waals surface area (Å²) in [6.07, 6.45) is 0. The molecule has 2 aromatic rings. The van der Waals surface area contributed by atoms with Crippen LogP contribution >= 0.6 is 23.4 Å². The summed E-state index contributed by atoms with van der Waals surface area (Å²) in [7, 11) is 0. The van der Waals surface area contributed by atoms with Gasteiger partial charge in [0.2, 0.25) is 0 Å². The quantitative estimate of drug-likeness (QED) is 0.398. The third-order valence-corrected chi connectivity index (χ3v) is 4.04. The molecule has 0 atom stereocenters. The van der Waals surface area contributed by atoms with Crippen molar-refractivity contribution in [2.24, 2.45) is 0 Å². The van der Waals surface area contributed by atoms with Crippen LogP contribution in [-0.4, -0.2) is 4.92 Å². The molecule has 0 radical (unpaired) electrons. The first-order valence-electron chi connectivity index (χ1n) is 5.47. The summed E-state index contributed by atoms with van der Waals surface area (Å²) in [4.78, 5) is 11.2. The van der Waals surface area contributed by atoms with Crippen molar-refractivity contribution < 1.29 is 4.92 Å². The van der Waals surface area contributed by atoms with Gasteiger partial charge in [0.15, 0.2) is 0 Å². The van der Waals surface area contributed by atoms with Crippen LogP contribution in [0.25, 0.3) is 0 Å². The van der Waals surface area contributed by atoms with Crippen LogP contribution in [0, 0.1) is 10.1 Å². The van der Waals surface area contributed by atoms with Gasteiger partial charge in [-0.15, -0.1) is 11.8 Å². The number of thioether (sulfide) groups is 1. The van der Waals surface area contributed by atoms with Crippen LogP contribution in [0.2, 0.25) is 5.02 Å². The number of anilines is 1. The van der Waals surface area contributed by atoms with E-state index in [-0.39, 0.29) is 5.69 Å². The number of rotatable bonds is 4. The van der Waals surface area contributed by atoms with Gasteiger partial charge in [-0.3, -0.25) is 10.1 Å². The Morgan fingerprint density at radius 3 is 2.79 bits per heavy atom. The summed E-state index contributed by atoms with van der Waals surface area (Å²) in [6, 6.07) is 11.8. The molecule has 0 aliphatic carbocycles. The van der Waals surface area contributed by atoms with E-state index in [9.17, 15) is 10.1 Å². The molecular weight excluding hydrogens is 284 g/mol. The molecule has 98 valence electrons. The van der Waals surface area contributed by atoms with E-state index in [0.717, 1.165) is 10.5 Å². The number of nitrogens with zero attached hydrogens (tertiary/aromatic N) is 1. The molecule has 0 aliphatic heterocycles. The van der Waals surface area contributed by atoms with E-state index < -0.39 is 4.92 Å². The summed E-state index contributed by atoms with van der Waals surface area (Å²) in [5.74, 6) is 0.602. The van der Waals surface area contributed by atoms with Gasteiger partial charge in [-0.05, 0) is 23.8 Å². The van der Waals surface area contributed by atoms with Gasteiger partial charge in [-0.2, -0.15) is 0 Å². The summed E-state index contributed by atoms with van der Waals surface area (Å²) >= 11 is 7.56. The zero-order valence-electron chi connectivity index (χ0n) is 9.88. The minimum Gasteiger partial charge on any atom is -0.399 e. The van der Waals surface area contributed by atoms with Gasteiger partial charge >= 0.3 is 0 Å². The summed E-state index contributed by atoms with van der Waals surface area (Å²) in [5, 5.41) is 11.3. The Balaban J connectivity index is 2.12. The molecule has 0 heterocycles. The second-order valence-corrected chi connectivity index (χ2v) is 5.33. The van der Waals surface area contributed by atoms with Gasteiger partial charge in [-0.1, -0.05) is 23.7 Å². The minimum atomic E-state index is -0.401. The monoisotopic (exact) mass is 294 g/mol. The van der Waals surface area contributed by atoms with Crippen LogP contribution in [0.1, 0.15) is 5.56 Å². The molecule has 4 nitrogen and oxygen atoms in total. The average molecular weight is 295 g/mol. The molecule has 0 fully saturated rings. The molecule has 2 N–H and O–H groups in total. The molecule has 0 aliphatic rings. The lowest BCUT2D eigenvalue weighted by Crippen LogP contribution is -1.90. The lowest BCUT2D eigenvalue weighted by Gasteiger charge is -2.05. The molecule has 2 aromatic carbocycles. The largest absolute Gasteiger partial charge is 0.399 e. The summed E-state index contributed by atoms with van der Waals surface area (Å²) < 4.78 is 0. The fourth-order valence-corrected chi connectivity index (χ4v) is 2.76. The predicted molar refractivity (Wildman–Crippen MR) is 78.5 cm³/mol. The van der Waals surface area contributed by atoms with Gasteiger partial charge in [-0.25, -0.2) is 0 Å². The van der Waals surface area contributed by atoms with E-state index in [1.54, 1.807) is 30.3 Å². The van der Waals surface area contributed by atoms with E-state index in [2.05, 4.69) is 0 Å². The smallest absolute Gasteiger partial charge is 0.269 e. The molecule has 0 spiro atoms. The second kappa shape index (κ2) is 5.95. The maximum atomic E-state index is 10.7. The number of hydrogen-bond acceptors (Lipinski definition) is 4. The van der Waals surface area contributed by atoms with Crippen LogP contribution in [0.3, 0.4) is 0 Å². The number of halogens is 1. The van der Waals surface area contributed by atoms with Crippen molar-refractivity contribution in [1.82, 2.24) is 0 Å². The molecule has 19 heavy (non-hydrogen) atoms. The SMILES string of the molecule is Nc1ccc(Cl)c(SCc2cccc([N+](=O)[O-])c2)c1. The minimum absolute atomic E-state index is 0.0942. The lowest BCUT2D eigenvalue weighted by atomic mass is 10.2.